The Hall–Kier alpha value is -3.44. The normalized spacial score (nSPS) is 10.2. The zero-order valence-electron chi connectivity index (χ0n) is 19.1. The van der Waals surface area contributed by atoms with Gasteiger partial charge < -0.3 is 23.8 Å². The number of methoxy groups -OCH3 is 3. The molecule has 0 saturated heterocycles. The van der Waals surface area contributed by atoms with Gasteiger partial charge in [-0.1, -0.05) is 11.6 Å². The number of rotatable bonds is 11. The third kappa shape index (κ3) is 7.02. The molecule has 0 fully saturated rings. The molecule has 0 aliphatic rings. The fraction of sp³-hybridized carbons (Fsp3) is 0.375. The second kappa shape index (κ2) is 12.6. The van der Waals surface area contributed by atoms with Crippen LogP contribution in [0.4, 0.5) is 5.69 Å². The smallest absolute Gasteiger partial charge is 0.306 e. The van der Waals surface area contributed by atoms with Gasteiger partial charge in [-0.3, -0.25) is 9.59 Å². The minimum Gasteiger partial charge on any atom is -0.493 e. The van der Waals surface area contributed by atoms with Gasteiger partial charge in [0.1, 0.15) is 0 Å². The predicted octanol–water partition coefficient (Wildman–Crippen LogP) is 4.10. The van der Waals surface area contributed by atoms with Crippen molar-refractivity contribution in [3.05, 3.63) is 46.5 Å². The van der Waals surface area contributed by atoms with Gasteiger partial charge in [0.25, 0.3) is 5.91 Å². The fourth-order valence-electron chi connectivity index (χ4n) is 3.17. The number of esters is 1. The first-order chi connectivity index (χ1) is 15.8. The third-order valence-electron chi connectivity index (χ3n) is 4.90. The quantitative estimate of drug-likeness (QED) is 0.452. The molecule has 9 heteroatoms. The molecule has 0 heterocycles. The Kier molecular flexibility index (Phi) is 9.83. The van der Waals surface area contributed by atoms with Gasteiger partial charge in [-0.25, -0.2) is 0 Å². The van der Waals surface area contributed by atoms with Gasteiger partial charge in [0.2, 0.25) is 5.75 Å². The Balaban J connectivity index is 2.00. The Morgan fingerprint density at radius 1 is 1.06 bits per heavy atom. The molecule has 0 bridgehead atoms. The molecule has 0 aliphatic carbocycles. The lowest BCUT2D eigenvalue weighted by atomic mass is 10.1. The van der Waals surface area contributed by atoms with Gasteiger partial charge in [-0.15, -0.1) is 0 Å². The van der Waals surface area contributed by atoms with E-state index in [1.165, 1.54) is 26.2 Å². The molecule has 2 aromatic carbocycles. The van der Waals surface area contributed by atoms with Crippen molar-refractivity contribution in [2.45, 2.75) is 26.2 Å². The molecule has 0 unspecified atom stereocenters. The molecule has 33 heavy (non-hydrogen) atoms. The van der Waals surface area contributed by atoms with Gasteiger partial charge in [-0.05, 0) is 54.8 Å². The van der Waals surface area contributed by atoms with Crippen LogP contribution in [-0.4, -0.2) is 46.4 Å². The van der Waals surface area contributed by atoms with E-state index in [2.05, 4.69) is 0 Å². The van der Waals surface area contributed by atoms with Crippen molar-refractivity contribution in [3.63, 3.8) is 0 Å². The second-order valence-corrected chi connectivity index (χ2v) is 7.49. The van der Waals surface area contributed by atoms with Gasteiger partial charge in [0, 0.05) is 23.7 Å². The highest BCUT2D eigenvalue weighted by molar-refractivity contribution is 6.31. The summed E-state index contributed by atoms with van der Waals surface area (Å²) >= 11 is 6.06. The summed E-state index contributed by atoms with van der Waals surface area (Å²) in [4.78, 5) is 26.4. The minimum absolute atomic E-state index is 0.0597. The van der Waals surface area contributed by atoms with Gasteiger partial charge in [-0.2, -0.15) is 5.26 Å². The van der Waals surface area contributed by atoms with Crippen LogP contribution in [0.25, 0.3) is 0 Å². The summed E-state index contributed by atoms with van der Waals surface area (Å²) in [6, 6.07) is 10.7. The summed E-state index contributed by atoms with van der Waals surface area (Å²) in [5.74, 6) is 0.494. The number of ether oxygens (including phenoxy) is 4. The van der Waals surface area contributed by atoms with Gasteiger partial charge in [0.05, 0.1) is 33.8 Å². The molecule has 0 radical (unpaired) electrons. The van der Waals surface area contributed by atoms with E-state index in [4.69, 9.17) is 35.8 Å². The van der Waals surface area contributed by atoms with E-state index in [9.17, 15) is 9.59 Å². The molecule has 0 N–H and O–H groups in total. The first kappa shape index (κ1) is 25.8. The average molecular weight is 475 g/mol. The van der Waals surface area contributed by atoms with Crippen molar-refractivity contribution >= 4 is 29.2 Å². The van der Waals surface area contributed by atoms with Crippen molar-refractivity contribution < 1.29 is 28.5 Å². The number of hydrogen-bond donors (Lipinski definition) is 0. The summed E-state index contributed by atoms with van der Waals surface area (Å²) in [6.07, 6.45) is 0.560. The molecule has 176 valence electrons. The molecule has 8 nitrogen and oxygen atoms in total. The van der Waals surface area contributed by atoms with Crippen LogP contribution in [0.5, 0.6) is 17.2 Å². The maximum atomic E-state index is 12.7. The highest BCUT2D eigenvalue weighted by Crippen LogP contribution is 2.38. The minimum atomic E-state index is -0.523. The Bertz CT molecular complexity index is 1010. The summed E-state index contributed by atoms with van der Waals surface area (Å²) in [7, 11) is 4.54. The summed E-state index contributed by atoms with van der Waals surface area (Å²) < 4.78 is 21.1. The van der Waals surface area contributed by atoms with E-state index in [1.807, 2.05) is 13.0 Å². The predicted molar refractivity (Wildman–Crippen MR) is 124 cm³/mol. The van der Waals surface area contributed by atoms with Crippen LogP contribution in [0.15, 0.2) is 30.3 Å². The number of aryl methyl sites for hydroxylation is 2. The van der Waals surface area contributed by atoms with Crippen LogP contribution < -0.4 is 19.1 Å². The Morgan fingerprint density at radius 3 is 2.27 bits per heavy atom. The molecule has 2 aromatic rings. The number of hydrogen-bond acceptors (Lipinski definition) is 7. The Morgan fingerprint density at radius 2 is 1.73 bits per heavy atom. The Labute approximate surface area is 198 Å². The number of carbonyl (C=O) groups is 2. The highest BCUT2D eigenvalue weighted by atomic mass is 35.5. The zero-order valence-corrected chi connectivity index (χ0v) is 19.9. The molecular formula is C24H27ClN2O6. The third-order valence-corrected chi connectivity index (χ3v) is 5.32. The summed E-state index contributed by atoms with van der Waals surface area (Å²) in [6.45, 7) is 1.57. The van der Waals surface area contributed by atoms with Crippen LogP contribution in [0.2, 0.25) is 5.02 Å². The lowest BCUT2D eigenvalue weighted by molar-refractivity contribution is -0.147. The zero-order chi connectivity index (χ0) is 24.4. The van der Waals surface area contributed by atoms with Crippen molar-refractivity contribution in [1.82, 2.24) is 0 Å². The van der Waals surface area contributed by atoms with E-state index in [0.717, 1.165) is 11.1 Å². The van der Waals surface area contributed by atoms with E-state index in [1.54, 1.807) is 30.3 Å². The molecule has 2 rings (SSSR count). The number of benzene rings is 2. The van der Waals surface area contributed by atoms with Crippen LogP contribution in [-0.2, 0) is 20.7 Å². The van der Waals surface area contributed by atoms with Crippen molar-refractivity contribution in [1.29, 1.82) is 5.26 Å². The number of amides is 1. The van der Waals surface area contributed by atoms with E-state index >= 15 is 0 Å². The number of halogens is 1. The number of nitriles is 1. The van der Waals surface area contributed by atoms with Crippen LogP contribution in [0, 0.1) is 18.3 Å². The maximum absolute atomic E-state index is 12.7. The number of carbonyl (C=O) groups excluding carboxylic acids is 2. The lowest BCUT2D eigenvalue weighted by Crippen LogP contribution is -2.35. The van der Waals surface area contributed by atoms with Crippen molar-refractivity contribution in [2.75, 3.05) is 39.4 Å². The molecule has 0 spiro atoms. The topological polar surface area (TPSA) is 98.1 Å². The number of anilines is 1. The highest BCUT2D eigenvalue weighted by Gasteiger charge is 2.19. The van der Waals surface area contributed by atoms with Gasteiger partial charge >= 0.3 is 5.97 Å². The SMILES string of the molecule is COc1cc(CCC(=O)OCC(=O)N(CCC#N)c2ccc(Cl)c(C)c2)cc(OC)c1OC. The molecule has 0 atom stereocenters. The molecule has 0 aromatic heterocycles. The lowest BCUT2D eigenvalue weighted by Gasteiger charge is -2.22. The summed E-state index contributed by atoms with van der Waals surface area (Å²) in [5, 5.41) is 9.50. The first-order valence-electron chi connectivity index (χ1n) is 10.2. The first-order valence-corrected chi connectivity index (χ1v) is 10.6. The fourth-order valence-corrected chi connectivity index (χ4v) is 3.29. The molecule has 0 aliphatic heterocycles. The van der Waals surface area contributed by atoms with E-state index in [-0.39, 0.29) is 19.4 Å². The van der Waals surface area contributed by atoms with E-state index < -0.39 is 18.5 Å². The van der Waals surface area contributed by atoms with Crippen LogP contribution in [0.3, 0.4) is 0 Å². The largest absolute Gasteiger partial charge is 0.493 e. The molecule has 1 amide bonds. The van der Waals surface area contributed by atoms with Crippen LogP contribution in [0.1, 0.15) is 24.0 Å². The van der Waals surface area contributed by atoms with Gasteiger partial charge in [0.15, 0.2) is 18.1 Å². The second-order valence-electron chi connectivity index (χ2n) is 7.08. The molecule has 0 saturated carbocycles. The van der Waals surface area contributed by atoms with Crippen molar-refractivity contribution in [2.24, 2.45) is 0 Å². The maximum Gasteiger partial charge on any atom is 0.306 e. The van der Waals surface area contributed by atoms with Crippen LogP contribution >= 0.6 is 11.6 Å². The average Bonchev–Trinajstić information content (AvgIpc) is 2.82. The summed E-state index contributed by atoms with van der Waals surface area (Å²) in [5.41, 5.74) is 2.18. The monoisotopic (exact) mass is 474 g/mol. The number of nitrogens with zero attached hydrogens (tertiary/aromatic N) is 2. The standard InChI is InChI=1S/C24H27ClN2O6/c1-16-12-18(7-8-19(16)25)27(11-5-10-26)22(28)15-33-23(29)9-6-17-13-20(30-2)24(32-4)21(14-17)31-3/h7-8,12-14H,5-6,9,11,15H2,1-4H3. The molecular weight excluding hydrogens is 448 g/mol. The van der Waals surface area contributed by atoms with E-state index in [0.29, 0.717) is 34.4 Å². The van der Waals surface area contributed by atoms with Crippen molar-refractivity contribution in [3.8, 4) is 23.3 Å².